The smallest absolute Gasteiger partial charge is 0.260 e. The number of likely N-dealkylation sites (N-methyl/N-ethyl adjacent to an activating group) is 1. The fourth-order valence-corrected chi connectivity index (χ4v) is 4.28. The molecule has 0 atom stereocenters. The van der Waals surface area contributed by atoms with Gasteiger partial charge in [-0.2, -0.15) is 5.26 Å². The number of nitrogens with one attached hydrogen (secondary N) is 1. The molecule has 0 spiro atoms. The Bertz CT molecular complexity index is 1040. The number of hydrogen-bond donors (Lipinski definition) is 1. The van der Waals surface area contributed by atoms with Crippen LogP contribution in [-0.2, 0) is 0 Å². The van der Waals surface area contributed by atoms with Gasteiger partial charge in [0.2, 0.25) is 0 Å². The lowest BCUT2D eigenvalue weighted by Gasteiger charge is -2.23. The number of amides is 1. The van der Waals surface area contributed by atoms with Crippen LogP contribution in [0.3, 0.4) is 0 Å². The van der Waals surface area contributed by atoms with Gasteiger partial charge < -0.3 is 9.64 Å². The van der Waals surface area contributed by atoms with Crippen LogP contribution in [0.2, 0.25) is 0 Å². The predicted octanol–water partition coefficient (Wildman–Crippen LogP) is 3.14. The minimum atomic E-state index is -0.102. The molecule has 1 amide bonds. The second kappa shape index (κ2) is 10.2. The average molecular weight is 424 g/mol. The first kappa shape index (κ1) is 21.8. The lowest BCUT2D eigenvalue weighted by Crippen LogP contribution is -3.12. The summed E-state index contributed by atoms with van der Waals surface area (Å²) in [6.07, 6.45) is 0. The second-order valence-electron chi connectivity index (χ2n) is 6.91. The Hall–Kier alpha value is -2.95. The number of fused-ring (bicyclic) bond motifs is 1. The number of benzene rings is 2. The molecule has 3 rings (SSSR count). The first-order chi connectivity index (χ1) is 14.6. The van der Waals surface area contributed by atoms with Gasteiger partial charge in [0, 0.05) is 5.56 Å². The molecule has 7 heteroatoms. The summed E-state index contributed by atoms with van der Waals surface area (Å²) in [6, 6.07) is 14.7. The molecule has 2 aromatic carbocycles. The minimum Gasteiger partial charge on any atom is -0.494 e. The molecule has 3 aromatic rings. The third-order valence-electron chi connectivity index (χ3n) is 5.09. The molecule has 0 aliphatic heterocycles. The maximum Gasteiger partial charge on any atom is 0.260 e. The van der Waals surface area contributed by atoms with E-state index in [1.54, 1.807) is 29.2 Å². The Balaban J connectivity index is 1.94. The largest absolute Gasteiger partial charge is 0.494 e. The average Bonchev–Trinajstić information content (AvgIpc) is 3.19. The molecule has 1 aromatic heterocycles. The van der Waals surface area contributed by atoms with Crippen LogP contribution in [-0.4, -0.2) is 43.7 Å². The summed E-state index contributed by atoms with van der Waals surface area (Å²) in [5.41, 5.74) is 1.94. The summed E-state index contributed by atoms with van der Waals surface area (Å²) in [5, 5.41) is 9.71. The van der Waals surface area contributed by atoms with E-state index in [1.165, 1.54) is 16.2 Å². The SMILES string of the molecule is CCOc1ccc2nc(N(CC[NH+](CC)CC)C(=O)c3ccc(C#N)cc3)sc2c1. The van der Waals surface area contributed by atoms with Crippen LogP contribution in [0, 0.1) is 11.3 Å². The van der Waals surface area contributed by atoms with E-state index in [0.717, 1.165) is 35.6 Å². The second-order valence-corrected chi connectivity index (χ2v) is 7.92. The Morgan fingerprint density at radius 3 is 2.53 bits per heavy atom. The van der Waals surface area contributed by atoms with Crippen molar-refractivity contribution in [1.82, 2.24) is 4.98 Å². The third-order valence-corrected chi connectivity index (χ3v) is 6.13. The maximum absolute atomic E-state index is 13.4. The summed E-state index contributed by atoms with van der Waals surface area (Å²) in [4.78, 5) is 21.3. The number of aromatic nitrogens is 1. The van der Waals surface area contributed by atoms with Gasteiger partial charge >= 0.3 is 0 Å². The summed E-state index contributed by atoms with van der Waals surface area (Å²) < 4.78 is 6.59. The van der Waals surface area contributed by atoms with E-state index >= 15 is 0 Å². The highest BCUT2D eigenvalue weighted by Gasteiger charge is 2.23. The van der Waals surface area contributed by atoms with Gasteiger partial charge in [-0.1, -0.05) is 11.3 Å². The van der Waals surface area contributed by atoms with Gasteiger partial charge in [-0.3, -0.25) is 9.69 Å². The summed E-state index contributed by atoms with van der Waals surface area (Å²) >= 11 is 1.50. The lowest BCUT2D eigenvalue weighted by molar-refractivity contribution is -0.894. The van der Waals surface area contributed by atoms with E-state index in [2.05, 4.69) is 19.9 Å². The van der Waals surface area contributed by atoms with E-state index in [1.807, 2.05) is 25.1 Å². The van der Waals surface area contributed by atoms with Crippen molar-refractivity contribution in [1.29, 1.82) is 5.26 Å². The van der Waals surface area contributed by atoms with Crippen LogP contribution in [0.5, 0.6) is 5.75 Å². The van der Waals surface area contributed by atoms with Crippen molar-refractivity contribution in [2.45, 2.75) is 20.8 Å². The zero-order valence-corrected chi connectivity index (χ0v) is 18.5. The molecule has 1 N–H and O–H groups in total. The molecule has 0 aliphatic rings. The zero-order valence-electron chi connectivity index (χ0n) is 17.6. The molecule has 0 bridgehead atoms. The van der Waals surface area contributed by atoms with Crippen molar-refractivity contribution in [2.24, 2.45) is 0 Å². The topological polar surface area (TPSA) is 70.7 Å². The van der Waals surface area contributed by atoms with E-state index < -0.39 is 0 Å². The molecule has 0 unspecified atom stereocenters. The first-order valence-electron chi connectivity index (χ1n) is 10.3. The Morgan fingerprint density at radius 1 is 1.17 bits per heavy atom. The molecule has 0 radical (unpaired) electrons. The van der Waals surface area contributed by atoms with Crippen molar-refractivity contribution < 1.29 is 14.4 Å². The van der Waals surface area contributed by atoms with Crippen LogP contribution in [0.25, 0.3) is 10.2 Å². The van der Waals surface area contributed by atoms with Crippen LogP contribution in [0.15, 0.2) is 42.5 Å². The normalized spacial score (nSPS) is 10.9. The number of ether oxygens (including phenoxy) is 1. The van der Waals surface area contributed by atoms with Gasteiger partial charge in [0.25, 0.3) is 5.91 Å². The van der Waals surface area contributed by atoms with Gasteiger partial charge in [0.05, 0.1) is 54.6 Å². The van der Waals surface area contributed by atoms with Gasteiger partial charge in [0.1, 0.15) is 5.75 Å². The fraction of sp³-hybridized carbons (Fsp3) is 0.348. The fourth-order valence-electron chi connectivity index (χ4n) is 3.27. The lowest BCUT2D eigenvalue weighted by atomic mass is 10.1. The molecule has 0 aliphatic carbocycles. The number of nitriles is 1. The van der Waals surface area contributed by atoms with Gasteiger partial charge in [0.15, 0.2) is 5.13 Å². The monoisotopic (exact) mass is 423 g/mol. The van der Waals surface area contributed by atoms with Crippen molar-refractivity contribution in [3.63, 3.8) is 0 Å². The predicted molar refractivity (Wildman–Crippen MR) is 121 cm³/mol. The molecule has 0 saturated carbocycles. The zero-order chi connectivity index (χ0) is 21.5. The molecule has 1 heterocycles. The number of quaternary nitrogens is 1. The van der Waals surface area contributed by atoms with Gasteiger partial charge in [-0.15, -0.1) is 0 Å². The Labute approximate surface area is 181 Å². The van der Waals surface area contributed by atoms with E-state index in [0.29, 0.717) is 29.4 Å². The summed E-state index contributed by atoms with van der Waals surface area (Å²) in [5.74, 6) is 0.702. The van der Waals surface area contributed by atoms with E-state index in [4.69, 9.17) is 15.0 Å². The van der Waals surface area contributed by atoms with Crippen molar-refractivity contribution in [2.75, 3.05) is 37.7 Å². The van der Waals surface area contributed by atoms with Crippen molar-refractivity contribution in [3.05, 3.63) is 53.6 Å². The third kappa shape index (κ3) is 4.96. The van der Waals surface area contributed by atoms with Gasteiger partial charge in [-0.25, -0.2) is 4.98 Å². The summed E-state index contributed by atoms with van der Waals surface area (Å²) in [7, 11) is 0. The Morgan fingerprint density at radius 2 is 1.90 bits per heavy atom. The van der Waals surface area contributed by atoms with Crippen LogP contribution >= 0.6 is 11.3 Å². The summed E-state index contributed by atoms with van der Waals surface area (Å²) in [6.45, 7) is 10.3. The van der Waals surface area contributed by atoms with Crippen LogP contribution < -0.4 is 14.5 Å². The molecule has 30 heavy (non-hydrogen) atoms. The van der Waals surface area contributed by atoms with E-state index in [-0.39, 0.29) is 5.91 Å². The molecule has 6 nitrogen and oxygen atoms in total. The van der Waals surface area contributed by atoms with Crippen LogP contribution in [0.4, 0.5) is 5.13 Å². The van der Waals surface area contributed by atoms with Crippen molar-refractivity contribution >= 4 is 32.6 Å². The number of rotatable bonds is 9. The highest BCUT2D eigenvalue weighted by Crippen LogP contribution is 2.32. The number of carbonyl (C=O) groups excluding carboxylic acids is 1. The minimum absolute atomic E-state index is 0.102. The first-order valence-corrected chi connectivity index (χ1v) is 11.1. The van der Waals surface area contributed by atoms with E-state index in [9.17, 15) is 4.79 Å². The highest BCUT2D eigenvalue weighted by atomic mass is 32.1. The molecule has 0 saturated heterocycles. The van der Waals surface area contributed by atoms with Crippen LogP contribution in [0.1, 0.15) is 36.7 Å². The van der Waals surface area contributed by atoms with Crippen molar-refractivity contribution in [3.8, 4) is 11.8 Å². The highest BCUT2D eigenvalue weighted by molar-refractivity contribution is 7.22. The number of nitrogens with zero attached hydrogens (tertiary/aromatic N) is 3. The molecular formula is C23H27N4O2S+. The molecule has 0 fully saturated rings. The number of thiazole rings is 1. The number of hydrogen-bond acceptors (Lipinski definition) is 5. The standard InChI is InChI=1S/C23H26N4O2S/c1-4-26(5-2)13-14-27(22(28)18-9-7-17(16-24)8-10-18)23-25-20-12-11-19(29-6-3)15-21(20)30-23/h7-12,15H,4-6,13-14H2,1-3H3/p+1. The number of anilines is 1. The quantitative estimate of drug-likeness (QED) is 0.574. The molecular weight excluding hydrogens is 396 g/mol. The van der Waals surface area contributed by atoms with Gasteiger partial charge in [-0.05, 0) is 63.2 Å². The molecule has 156 valence electrons. The number of carbonyl (C=O) groups is 1. The maximum atomic E-state index is 13.4. The Kier molecular flexibility index (Phi) is 7.39.